The van der Waals surface area contributed by atoms with E-state index in [1.54, 1.807) is 18.2 Å². The first kappa shape index (κ1) is 15.7. The summed E-state index contributed by atoms with van der Waals surface area (Å²) in [5.74, 6) is -0.211. The third kappa shape index (κ3) is 3.49. The van der Waals surface area contributed by atoms with Gasteiger partial charge in [-0.15, -0.1) is 0 Å². The molecular weight excluding hydrogens is 307 g/mol. The minimum Gasteiger partial charge on any atom is -0.388 e. The van der Waals surface area contributed by atoms with Crippen LogP contribution in [0.3, 0.4) is 0 Å². The van der Waals surface area contributed by atoms with Crippen LogP contribution in [0, 0.1) is 13.8 Å². The normalized spacial score (nSPS) is 10.3. The first-order valence-corrected chi connectivity index (χ1v) is 7.23. The van der Waals surface area contributed by atoms with Gasteiger partial charge in [0.2, 0.25) is 0 Å². The summed E-state index contributed by atoms with van der Waals surface area (Å²) in [5, 5.41) is 6.87. The van der Waals surface area contributed by atoms with Gasteiger partial charge in [-0.3, -0.25) is 4.79 Å². The Bertz CT molecular complexity index is 699. The fraction of sp³-hybridized carbons (Fsp3) is 0.188. The monoisotopic (exact) mass is 322 g/mol. The van der Waals surface area contributed by atoms with Crippen molar-refractivity contribution < 1.29 is 4.79 Å². The number of hydrogen-bond donors (Lipinski definition) is 2. The molecule has 0 saturated heterocycles. The molecule has 0 radical (unpaired) electrons. The Morgan fingerprint density at radius 1 is 1.00 bits per heavy atom. The van der Waals surface area contributed by atoms with Crippen LogP contribution in [0.2, 0.25) is 10.0 Å². The molecule has 3 nitrogen and oxygen atoms in total. The summed E-state index contributed by atoms with van der Waals surface area (Å²) in [7, 11) is 1.84. The molecule has 0 heterocycles. The molecule has 2 rings (SSSR count). The minimum absolute atomic E-state index is 0.211. The zero-order chi connectivity index (χ0) is 15.6. The van der Waals surface area contributed by atoms with Crippen molar-refractivity contribution in [2.45, 2.75) is 13.8 Å². The number of amides is 1. The topological polar surface area (TPSA) is 41.1 Å². The van der Waals surface area contributed by atoms with Crippen LogP contribution in [0.25, 0.3) is 0 Å². The number of carbonyl (C=O) groups excluding carboxylic acids is 1. The van der Waals surface area contributed by atoms with E-state index < -0.39 is 0 Å². The highest BCUT2D eigenvalue weighted by Crippen LogP contribution is 2.29. The maximum Gasteiger partial charge on any atom is 0.255 e. The first-order valence-electron chi connectivity index (χ1n) is 6.47. The third-order valence-electron chi connectivity index (χ3n) is 3.26. The molecular formula is C16H16Cl2N2O. The second-order valence-corrected chi connectivity index (χ2v) is 5.63. The average molecular weight is 323 g/mol. The van der Waals surface area contributed by atoms with Crippen LogP contribution in [0.4, 0.5) is 11.4 Å². The van der Waals surface area contributed by atoms with Gasteiger partial charge in [0.25, 0.3) is 5.91 Å². The molecule has 0 aliphatic heterocycles. The molecule has 0 bridgehead atoms. The Hall–Kier alpha value is -1.71. The minimum atomic E-state index is -0.211. The molecule has 2 N–H and O–H groups in total. The van der Waals surface area contributed by atoms with Crippen LogP contribution in [0.15, 0.2) is 30.3 Å². The second-order valence-electron chi connectivity index (χ2n) is 4.82. The summed E-state index contributed by atoms with van der Waals surface area (Å²) in [5.41, 5.74) is 3.82. The van der Waals surface area contributed by atoms with E-state index in [4.69, 9.17) is 23.2 Å². The van der Waals surface area contributed by atoms with E-state index >= 15 is 0 Å². The van der Waals surface area contributed by atoms with Gasteiger partial charge < -0.3 is 10.6 Å². The summed E-state index contributed by atoms with van der Waals surface area (Å²) in [6, 6.07) is 8.94. The Balaban J connectivity index is 2.28. The van der Waals surface area contributed by atoms with Gasteiger partial charge in [0.15, 0.2) is 0 Å². The molecule has 0 saturated carbocycles. The number of halogens is 2. The Morgan fingerprint density at radius 3 is 2.33 bits per heavy atom. The van der Waals surface area contributed by atoms with Crippen molar-refractivity contribution in [3.63, 3.8) is 0 Å². The quantitative estimate of drug-likeness (QED) is 0.843. The predicted octanol–water partition coefficient (Wildman–Crippen LogP) is 4.90. The molecule has 2 aromatic rings. The number of benzene rings is 2. The van der Waals surface area contributed by atoms with Crippen molar-refractivity contribution in [2.24, 2.45) is 0 Å². The van der Waals surface area contributed by atoms with Crippen molar-refractivity contribution in [1.29, 1.82) is 0 Å². The maximum atomic E-state index is 12.3. The van der Waals surface area contributed by atoms with E-state index in [0.717, 1.165) is 16.8 Å². The second kappa shape index (κ2) is 6.37. The Labute approximate surface area is 134 Å². The third-order valence-corrected chi connectivity index (χ3v) is 3.98. The SMILES string of the molecule is CNc1ccc(C(=O)Nc2cc(Cl)c(C)cc2Cl)c(C)c1. The lowest BCUT2D eigenvalue weighted by atomic mass is 10.1. The van der Waals surface area contributed by atoms with E-state index in [9.17, 15) is 4.79 Å². The van der Waals surface area contributed by atoms with Gasteiger partial charge in [0.05, 0.1) is 10.7 Å². The van der Waals surface area contributed by atoms with Crippen LogP contribution in [-0.2, 0) is 0 Å². The fourth-order valence-electron chi connectivity index (χ4n) is 2.01. The van der Waals surface area contributed by atoms with E-state index in [-0.39, 0.29) is 5.91 Å². The number of aryl methyl sites for hydroxylation is 2. The van der Waals surface area contributed by atoms with E-state index in [1.165, 1.54) is 0 Å². The van der Waals surface area contributed by atoms with Gasteiger partial charge in [0.1, 0.15) is 0 Å². The highest BCUT2D eigenvalue weighted by molar-refractivity contribution is 6.36. The first-order chi connectivity index (χ1) is 9.92. The van der Waals surface area contributed by atoms with Gasteiger partial charge in [-0.05, 0) is 55.3 Å². The molecule has 0 fully saturated rings. The highest BCUT2D eigenvalue weighted by atomic mass is 35.5. The highest BCUT2D eigenvalue weighted by Gasteiger charge is 2.12. The van der Waals surface area contributed by atoms with E-state index in [2.05, 4.69) is 10.6 Å². The molecule has 0 aromatic heterocycles. The molecule has 0 atom stereocenters. The molecule has 0 spiro atoms. The Morgan fingerprint density at radius 2 is 1.71 bits per heavy atom. The number of rotatable bonds is 3. The van der Waals surface area contributed by atoms with Crippen molar-refractivity contribution in [3.8, 4) is 0 Å². The number of hydrogen-bond acceptors (Lipinski definition) is 2. The number of anilines is 2. The lowest BCUT2D eigenvalue weighted by Crippen LogP contribution is -2.14. The lowest BCUT2D eigenvalue weighted by molar-refractivity contribution is 0.102. The van der Waals surface area contributed by atoms with Crippen molar-refractivity contribution >= 4 is 40.5 Å². The van der Waals surface area contributed by atoms with Gasteiger partial charge in [-0.2, -0.15) is 0 Å². The van der Waals surface area contributed by atoms with Crippen LogP contribution in [-0.4, -0.2) is 13.0 Å². The van der Waals surface area contributed by atoms with Gasteiger partial charge in [-0.25, -0.2) is 0 Å². The molecule has 1 amide bonds. The molecule has 110 valence electrons. The standard InChI is InChI=1S/C16H16Cl2N2O/c1-9-6-11(19-3)4-5-12(9)16(21)20-15-8-13(17)10(2)7-14(15)18/h4-8,19H,1-3H3,(H,20,21). The molecule has 0 aliphatic carbocycles. The largest absolute Gasteiger partial charge is 0.388 e. The zero-order valence-corrected chi connectivity index (χ0v) is 13.6. The van der Waals surface area contributed by atoms with Gasteiger partial charge in [0, 0.05) is 23.3 Å². The van der Waals surface area contributed by atoms with Crippen LogP contribution in [0.5, 0.6) is 0 Å². The smallest absolute Gasteiger partial charge is 0.255 e. The van der Waals surface area contributed by atoms with E-state index in [0.29, 0.717) is 21.3 Å². The summed E-state index contributed by atoms with van der Waals surface area (Å²) in [6.45, 7) is 3.75. The van der Waals surface area contributed by atoms with E-state index in [1.807, 2.05) is 33.0 Å². The van der Waals surface area contributed by atoms with Gasteiger partial charge in [-0.1, -0.05) is 23.2 Å². The number of nitrogens with one attached hydrogen (secondary N) is 2. The van der Waals surface area contributed by atoms with Crippen LogP contribution in [0.1, 0.15) is 21.5 Å². The molecule has 0 aliphatic rings. The van der Waals surface area contributed by atoms with Gasteiger partial charge >= 0.3 is 0 Å². The van der Waals surface area contributed by atoms with Crippen LogP contribution < -0.4 is 10.6 Å². The maximum absolute atomic E-state index is 12.3. The average Bonchev–Trinajstić information content (AvgIpc) is 2.44. The fourth-order valence-corrected chi connectivity index (χ4v) is 2.43. The van der Waals surface area contributed by atoms with Crippen LogP contribution >= 0.6 is 23.2 Å². The predicted molar refractivity (Wildman–Crippen MR) is 89.9 cm³/mol. The van der Waals surface area contributed by atoms with Crippen molar-refractivity contribution in [3.05, 3.63) is 57.1 Å². The van der Waals surface area contributed by atoms with Crippen molar-refractivity contribution in [1.82, 2.24) is 0 Å². The summed E-state index contributed by atoms with van der Waals surface area (Å²) in [6.07, 6.45) is 0. The Kier molecular flexibility index (Phi) is 4.76. The lowest BCUT2D eigenvalue weighted by Gasteiger charge is -2.11. The molecule has 0 unspecified atom stereocenters. The number of carbonyl (C=O) groups is 1. The summed E-state index contributed by atoms with van der Waals surface area (Å²) >= 11 is 12.2. The summed E-state index contributed by atoms with van der Waals surface area (Å²) < 4.78 is 0. The molecule has 2 aromatic carbocycles. The zero-order valence-electron chi connectivity index (χ0n) is 12.1. The summed E-state index contributed by atoms with van der Waals surface area (Å²) in [4.78, 5) is 12.3. The van der Waals surface area contributed by atoms with Crippen molar-refractivity contribution in [2.75, 3.05) is 17.7 Å². The molecule has 5 heteroatoms. The molecule has 21 heavy (non-hydrogen) atoms.